The smallest absolute Gasteiger partial charge is 0.387 e. The van der Waals surface area contributed by atoms with Crippen molar-refractivity contribution in [3.63, 3.8) is 0 Å². The first-order valence-electron chi connectivity index (χ1n) is 8.33. The maximum absolute atomic E-state index is 12.5. The van der Waals surface area contributed by atoms with Gasteiger partial charge in [0, 0.05) is 30.2 Å². The van der Waals surface area contributed by atoms with Gasteiger partial charge in [-0.1, -0.05) is 18.2 Å². The summed E-state index contributed by atoms with van der Waals surface area (Å²) in [5.74, 6) is -0.641. The molecule has 0 bridgehead atoms. The highest BCUT2D eigenvalue weighted by Gasteiger charge is 2.19. The summed E-state index contributed by atoms with van der Waals surface area (Å²) in [7, 11) is -2.38. The van der Waals surface area contributed by atoms with Gasteiger partial charge in [-0.25, -0.2) is 13.1 Å². The molecule has 0 saturated heterocycles. The Balaban J connectivity index is 2.16. The summed E-state index contributed by atoms with van der Waals surface area (Å²) in [5.41, 5.74) is 0.425. The number of sulfonamides is 1. The standard InChI is InChI=1S/C18H19BrF2N2O5S/c1-27-9-8-23-29(25,26)13-6-7-15(19)14(10-13)17(24)22-11-12-4-2-3-5-16(12)28-18(20)21/h2-7,10,18,23H,8-9,11H2,1H3,(H,22,24). The summed E-state index contributed by atoms with van der Waals surface area (Å²) in [6.45, 7) is -2.80. The molecule has 2 N–H and O–H groups in total. The SMILES string of the molecule is COCCNS(=O)(=O)c1ccc(Br)c(C(=O)NCc2ccccc2OC(F)F)c1. The van der Waals surface area contributed by atoms with E-state index in [-0.39, 0.29) is 35.9 Å². The fourth-order valence-corrected chi connectivity index (χ4v) is 3.80. The number of alkyl halides is 2. The van der Waals surface area contributed by atoms with Crippen LogP contribution in [0.25, 0.3) is 0 Å². The molecular weight excluding hydrogens is 474 g/mol. The third-order valence-corrected chi connectivity index (χ3v) is 5.87. The molecule has 2 rings (SSSR count). The molecule has 0 unspecified atom stereocenters. The van der Waals surface area contributed by atoms with E-state index in [9.17, 15) is 22.0 Å². The first-order valence-corrected chi connectivity index (χ1v) is 10.6. The Labute approximate surface area is 175 Å². The van der Waals surface area contributed by atoms with Crippen LogP contribution in [-0.2, 0) is 21.3 Å². The summed E-state index contributed by atoms with van der Waals surface area (Å²) in [6, 6.07) is 10.1. The molecule has 1 amide bonds. The van der Waals surface area contributed by atoms with Crippen LogP contribution < -0.4 is 14.8 Å². The van der Waals surface area contributed by atoms with Crippen LogP contribution in [0.1, 0.15) is 15.9 Å². The molecule has 2 aromatic carbocycles. The number of methoxy groups -OCH3 is 1. The number of nitrogens with one attached hydrogen (secondary N) is 2. The van der Waals surface area contributed by atoms with E-state index in [1.54, 1.807) is 6.07 Å². The Morgan fingerprint density at radius 2 is 1.93 bits per heavy atom. The lowest BCUT2D eigenvalue weighted by atomic mass is 10.1. The van der Waals surface area contributed by atoms with Gasteiger partial charge in [0.05, 0.1) is 17.1 Å². The molecule has 7 nitrogen and oxygen atoms in total. The van der Waals surface area contributed by atoms with Crippen LogP contribution in [-0.4, -0.2) is 41.2 Å². The van der Waals surface area contributed by atoms with Gasteiger partial charge in [-0.05, 0) is 40.2 Å². The molecule has 29 heavy (non-hydrogen) atoms. The molecular formula is C18H19BrF2N2O5S. The summed E-state index contributed by atoms with van der Waals surface area (Å²) >= 11 is 3.22. The zero-order valence-electron chi connectivity index (χ0n) is 15.3. The number of carbonyl (C=O) groups excluding carboxylic acids is 1. The summed E-state index contributed by atoms with van der Waals surface area (Å²) in [6.07, 6.45) is 0. The minimum atomic E-state index is -3.83. The molecule has 0 heterocycles. The highest BCUT2D eigenvalue weighted by Crippen LogP contribution is 2.23. The average Bonchev–Trinajstić information content (AvgIpc) is 2.67. The fourth-order valence-electron chi connectivity index (χ4n) is 2.34. The number of hydrogen-bond donors (Lipinski definition) is 2. The molecule has 0 saturated carbocycles. The number of carbonyl (C=O) groups is 1. The Morgan fingerprint density at radius 3 is 2.62 bits per heavy atom. The monoisotopic (exact) mass is 492 g/mol. The number of para-hydroxylation sites is 1. The van der Waals surface area contributed by atoms with Crippen molar-refractivity contribution in [3.8, 4) is 5.75 Å². The van der Waals surface area contributed by atoms with E-state index in [4.69, 9.17) is 4.74 Å². The molecule has 0 aliphatic heterocycles. The zero-order chi connectivity index (χ0) is 21.4. The summed E-state index contributed by atoms with van der Waals surface area (Å²) in [4.78, 5) is 12.5. The number of ether oxygens (including phenoxy) is 2. The molecule has 0 atom stereocenters. The first-order chi connectivity index (χ1) is 13.7. The molecule has 11 heteroatoms. The number of amides is 1. The van der Waals surface area contributed by atoms with Crippen LogP contribution in [0.5, 0.6) is 5.75 Å². The summed E-state index contributed by atoms with van der Waals surface area (Å²) in [5, 5.41) is 2.57. The highest BCUT2D eigenvalue weighted by atomic mass is 79.9. The van der Waals surface area contributed by atoms with Gasteiger partial charge in [0.15, 0.2) is 0 Å². The highest BCUT2D eigenvalue weighted by molar-refractivity contribution is 9.10. The number of halogens is 3. The molecule has 158 valence electrons. The Hall–Kier alpha value is -2.08. The number of hydrogen-bond acceptors (Lipinski definition) is 5. The van der Waals surface area contributed by atoms with Crippen molar-refractivity contribution in [2.75, 3.05) is 20.3 Å². The number of benzene rings is 2. The molecule has 0 spiro atoms. The van der Waals surface area contributed by atoms with Gasteiger partial charge in [0.25, 0.3) is 5.91 Å². The Bertz CT molecular complexity index is 957. The topological polar surface area (TPSA) is 93.7 Å². The normalized spacial score (nSPS) is 11.5. The van der Waals surface area contributed by atoms with Crippen molar-refractivity contribution in [1.82, 2.24) is 10.0 Å². The van der Waals surface area contributed by atoms with E-state index in [0.717, 1.165) is 0 Å². The minimum Gasteiger partial charge on any atom is -0.434 e. The quantitative estimate of drug-likeness (QED) is 0.497. The van der Waals surface area contributed by atoms with Crippen LogP contribution in [0.2, 0.25) is 0 Å². The van der Waals surface area contributed by atoms with Crippen LogP contribution in [0, 0.1) is 0 Å². The molecule has 0 aromatic heterocycles. The second kappa shape index (κ2) is 10.6. The second-order valence-electron chi connectivity index (χ2n) is 5.70. The first kappa shape index (κ1) is 23.2. The molecule has 2 aromatic rings. The lowest BCUT2D eigenvalue weighted by Gasteiger charge is -2.13. The fraction of sp³-hybridized carbons (Fsp3) is 0.278. The molecule has 0 aliphatic rings. The number of rotatable bonds is 10. The van der Waals surface area contributed by atoms with Crippen molar-refractivity contribution in [1.29, 1.82) is 0 Å². The van der Waals surface area contributed by atoms with Crippen LogP contribution in [0.15, 0.2) is 51.8 Å². The Morgan fingerprint density at radius 1 is 1.21 bits per heavy atom. The predicted octanol–water partition coefficient (Wildman–Crippen LogP) is 2.91. The van der Waals surface area contributed by atoms with E-state index >= 15 is 0 Å². The Kier molecular flexibility index (Phi) is 8.50. The maximum atomic E-state index is 12.5. The largest absolute Gasteiger partial charge is 0.434 e. The zero-order valence-corrected chi connectivity index (χ0v) is 17.7. The van der Waals surface area contributed by atoms with Crippen molar-refractivity contribution >= 4 is 31.9 Å². The molecule has 0 fully saturated rings. The minimum absolute atomic E-state index is 0.0551. The summed E-state index contributed by atoms with van der Waals surface area (Å²) < 4.78 is 61.6. The van der Waals surface area contributed by atoms with E-state index in [1.807, 2.05) is 0 Å². The molecule has 0 aliphatic carbocycles. The van der Waals surface area contributed by atoms with Crippen molar-refractivity contribution < 1.29 is 31.5 Å². The van der Waals surface area contributed by atoms with E-state index in [0.29, 0.717) is 10.0 Å². The van der Waals surface area contributed by atoms with Gasteiger partial charge in [-0.3, -0.25) is 4.79 Å². The second-order valence-corrected chi connectivity index (χ2v) is 8.32. The van der Waals surface area contributed by atoms with Crippen molar-refractivity contribution in [2.45, 2.75) is 18.1 Å². The van der Waals surface area contributed by atoms with Crippen molar-refractivity contribution in [2.24, 2.45) is 0 Å². The molecule has 0 radical (unpaired) electrons. The van der Waals surface area contributed by atoms with Crippen LogP contribution >= 0.6 is 15.9 Å². The van der Waals surface area contributed by atoms with Gasteiger partial charge in [-0.15, -0.1) is 0 Å². The third kappa shape index (κ3) is 6.74. The van der Waals surface area contributed by atoms with Gasteiger partial charge in [-0.2, -0.15) is 8.78 Å². The van der Waals surface area contributed by atoms with Gasteiger partial charge >= 0.3 is 6.61 Å². The van der Waals surface area contributed by atoms with Crippen LogP contribution in [0.3, 0.4) is 0 Å². The van der Waals surface area contributed by atoms with E-state index in [2.05, 4.69) is 30.7 Å². The average molecular weight is 493 g/mol. The van der Waals surface area contributed by atoms with Crippen molar-refractivity contribution in [3.05, 3.63) is 58.1 Å². The van der Waals surface area contributed by atoms with Gasteiger partial charge < -0.3 is 14.8 Å². The maximum Gasteiger partial charge on any atom is 0.387 e. The van der Waals surface area contributed by atoms with Crippen LogP contribution in [0.4, 0.5) is 8.78 Å². The predicted molar refractivity (Wildman–Crippen MR) is 105 cm³/mol. The lowest BCUT2D eigenvalue weighted by Crippen LogP contribution is -2.28. The van der Waals surface area contributed by atoms with E-state index < -0.39 is 22.5 Å². The van der Waals surface area contributed by atoms with Gasteiger partial charge in [0.2, 0.25) is 10.0 Å². The van der Waals surface area contributed by atoms with Gasteiger partial charge in [0.1, 0.15) is 5.75 Å². The van der Waals surface area contributed by atoms with E-state index in [1.165, 1.54) is 43.5 Å². The lowest BCUT2D eigenvalue weighted by molar-refractivity contribution is -0.0504. The third-order valence-electron chi connectivity index (χ3n) is 3.72.